The Morgan fingerprint density at radius 3 is 1.19 bits per heavy atom. The monoisotopic (exact) mass is 548 g/mol. The van der Waals surface area contributed by atoms with E-state index in [2.05, 4.69) is 129 Å². The van der Waals surface area contributed by atoms with Gasteiger partial charge < -0.3 is 0 Å². The quantitative estimate of drug-likeness (QED) is 0.222. The van der Waals surface area contributed by atoms with Gasteiger partial charge in [0, 0.05) is 35.9 Å². The fourth-order valence-corrected chi connectivity index (χ4v) is 7.30. The van der Waals surface area contributed by atoms with Gasteiger partial charge in [-0.05, 0) is 91.0 Å². The Balaban J connectivity index is 1.32. The normalized spacial score (nSPS) is 13.3. The van der Waals surface area contributed by atoms with Gasteiger partial charge in [-0.15, -0.1) is 0 Å². The summed E-state index contributed by atoms with van der Waals surface area (Å²) < 4.78 is 0. The Morgan fingerprint density at radius 1 is 0.326 bits per heavy atom. The molecular formula is C39H24N4. The molecule has 0 aliphatic heterocycles. The molecule has 0 radical (unpaired) electrons. The molecule has 4 heteroatoms. The lowest BCUT2D eigenvalue weighted by atomic mass is 9.70. The van der Waals surface area contributed by atoms with E-state index in [1.165, 1.54) is 44.5 Å². The van der Waals surface area contributed by atoms with Gasteiger partial charge in [-0.1, -0.05) is 84.9 Å². The molecule has 43 heavy (non-hydrogen) atoms. The first-order valence-electron chi connectivity index (χ1n) is 14.4. The van der Waals surface area contributed by atoms with Crippen molar-refractivity contribution < 1.29 is 0 Å². The predicted molar refractivity (Wildman–Crippen MR) is 170 cm³/mol. The molecule has 200 valence electrons. The Bertz CT molecular complexity index is 2070. The van der Waals surface area contributed by atoms with Crippen molar-refractivity contribution in [3.63, 3.8) is 0 Å². The summed E-state index contributed by atoms with van der Waals surface area (Å²) in [6.45, 7) is 0. The van der Waals surface area contributed by atoms with Crippen molar-refractivity contribution in [3.05, 3.63) is 169 Å². The molecule has 0 N–H and O–H groups in total. The molecule has 0 fully saturated rings. The van der Waals surface area contributed by atoms with Crippen LogP contribution in [0.3, 0.4) is 0 Å². The second-order valence-corrected chi connectivity index (χ2v) is 11.2. The van der Waals surface area contributed by atoms with E-state index in [1.807, 2.05) is 24.8 Å². The van der Waals surface area contributed by atoms with E-state index in [4.69, 9.17) is 0 Å². The van der Waals surface area contributed by atoms with Crippen LogP contribution in [0, 0.1) is 0 Å². The molecule has 4 nitrogen and oxygen atoms in total. The summed E-state index contributed by atoms with van der Waals surface area (Å²) in [5.41, 5.74) is 16.5. The molecule has 2 aromatic heterocycles. The molecule has 9 rings (SSSR count). The highest BCUT2D eigenvalue weighted by molar-refractivity contribution is 5.96. The minimum absolute atomic E-state index is 0.379. The van der Waals surface area contributed by atoms with Gasteiger partial charge in [0.15, 0.2) is 0 Å². The molecule has 0 saturated heterocycles. The second-order valence-electron chi connectivity index (χ2n) is 11.2. The molecule has 5 aromatic carbocycles. The second kappa shape index (κ2) is 9.13. The van der Waals surface area contributed by atoms with Gasteiger partial charge in [0.2, 0.25) is 0 Å². The molecule has 0 bridgehead atoms. The highest BCUT2D eigenvalue weighted by Gasteiger charge is 2.51. The third-order valence-corrected chi connectivity index (χ3v) is 9.05. The summed E-state index contributed by atoms with van der Waals surface area (Å²) >= 11 is 0. The van der Waals surface area contributed by atoms with Crippen LogP contribution in [0.2, 0.25) is 0 Å². The molecule has 7 aromatic rings. The molecule has 0 unspecified atom stereocenters. The van der Waals surface area contributed by atoms with Crippen LogP contribution in [0.25, 0.3) is 55.6 Å². The standard InChI is InChI=1S/C39H24N4/c1-4-10-35-31(7-1)32-8-2-5-11-36(32)39(35)37-12-6-3-9-33(37)34-14-13-25(18-38(34)39)26-15-27(29-19-40-23-41-20-29)17-28(16-26)30-21-42-24-43-22-30/h1-24H. The van der Waals surface area contributed by atoms with Crippen LogP contribution in [-0.2, 0) is 5.41 Å². The number of benzene rings is 5. The average molecular weight is 549 g/mol. The summed E-state index contributed by atoms with van der Waals surface area (Å²) in [5.74, 6) is 0. The van der Waals surface area contributed by atoms with Crippen LogP contribution < -0.4 is 0 Å². The number of rotatable bonds is 3. The van der Waals surface area contributed by atoms with Gasteiger partial charge in [-0.2, -0.15) is 0 Å². The van der Waals surface area contributed by atoms with Crippen LogP contribution in [0.15, 0.2) is 147 Å². The van der Waals surface area contributed by atoms with Gasteiger partial charge >= 0.3 is 0 Å². The van der Waals surface area contributed by atoms with E-state index < -0.39 is 0 Å². The van der Waals surface area contributed by atoms with E-state index in [0.29, 0.717) is 0 Å². The van der Waals surface area contributed by atoms with Crippen molar-refractivity contribution >= 4 is 0 Å². The molecule has 2 heterocycles. The maximum atomic E-state index is 4.29. The van der Waals surface area contributed by atoms with Crippen molar-refractivity contribution in [1.29, 1.82) is 0 Å². The number of aromatic nitrogens is 4. The lowest BCUT2D eigenvalue weighted by Gasteiger charge is -2.30. The summed E-state index contributed by atoms with van der Waals surface area (Å²) in [4.78, 5) is 17.2. The molecular weight excluding hydrogens is 524 g/mol. The lowest BCUT2D eigenvalue weighted by Crippen LogP contribution is -2.25. The van der Waals surface area contributed by atoms with E-state index >= 15 is 0 Å². The third kappa shape index (κ3) is 3.38. The van der Waals surface area contributed by atoms with E-state index in [1.54, 1.807) is 12.7 Å². The van der Waals surface area contributed by atoms with Crippen LogP contribution >= 0.6 is 0 Å². The molecule has 2 aliphatic carbocycles. The van der Waals surface area contributed by atoms with Crippen molar-refractivity contribution in [1.82, 2.24) is 19.9 Å². The van der Waals surface area contributed by atoms with Crippen molar-refractivity contribution in [2.45, 2.75) is 5.41 Å². The average Bonchev–Trinajstić information content (AvgIpc) is 3.56. The zero-order valence-corrected chi connectivity index (χ0v) is 23.1. The summed E-state index contributed by atoms with van der Waals surface area (Å²) in [6, 6.07) is 40.4. The Morgan fingerprint density at radius 2 is 0.721 bits per heavy atom. The highest BCUT2D eigenvalue weighted by atomic mass is 14.8. The Hall–Kier alpha value is -5.74. The summed E-state index contributed by atoms with van der Waals surface area (Å²) in [5, 5.41) is 0. The topological polar surface area (TPSA) is 51.6 Å². The number of nitrogens with zero attached hydrogens (tertiary/aromatic N) is 4. The van der Waals surface area contributed by atoms with Crippen LogP contribution in [0.4, 0.5) is 0 Å². The van der Waals surface area contributed by atoms with E-state index in [0.717, 1.165) is 33.4 Å². The molecule has 0 amide bonds. The largest absolute Gasteiger partial charge is 0.244 e. The van der Waals surface area contributed by atoms with Crippen molar-refractivity contribution in [2.24, 2.45) is 0 Å². The smallest absolute Gasteiger partial charge is 0.115 e. The minimum Gasteiger partial charge on any atom is -0.244 e. The maximum absolute atomic E-state index is 4.29. The minimum atomic E-state index is -0.379. The first kappa shape index (κ1) is 23.9. The van der Waals surface area contributed by atoms with Crippen LogP contribution in [-0.4, -0.2) is 19.9 Å². The van der Waals surface area contributed by atoms with Gasteiger partial charge in [0.05, 0.1) is 5.41 Å². The number of hydrogen-bond donors (Lipinski definition) is 0. The Kier molecular flexibility index (Phi) is 5.08. The van der Waals surface area contributed by atoms with Gasteiger partial charge in [-0.3, -0.25) is 0 Å². The summed E-state index contributed by atoms with van der Waals surface area (Å²) in [6.07, 6.45) is 10.6. The number of hydrogen-bond acceptors (Lipinski definition) is 4. The van der Waals surface area contributed by atoms with Crippen molar-refractivity contribution in [3.8, 4) is 55.6 Å². The fraction of sp³-hybridized carbons (Fsp3) is 0.0256. The molecule has 2 aliphatic rings. The highest BCUT2D eigenvalue weighted by Crippen LogP contribution is 2.63. The first-order valence-corrected chi connectivity index (χ1v) is 14.4. The molecule has 1 spiro atoms. The SMILES string of the molecule is c1ccc2c(c1)-c1ccccc1C21c2ccccc2-c2ccc(-c3cc(-c4cncnc4)cc(-c4cncnc4)c3)cc21. The van der Waals surface area contributed by atoms with Gasteiger partial charge in [0.25, 0.3) is 0 Å². The first-order chi connectivity index (χ1) is 21.3. The number of fused-ring (bicyclic) bond motifs is 10. The zero-order valence-electron chi connectivity index (χ0n) is 23.1. The van der Waals surface area contributed by atoms with Gasteiger partial charge in [0.1, 0.15) is 12.7 Å². The van der Waals surface area contributed by atoms with Gasteiger partial charge in [-0.25, -0.2) is 19.9 Å². The van der Waals surface area contributed by atoms with E-state index in [-0.39, 0.29) is 5.41 Å². The molecule has 0 saturated carbocycles. The van der Waals surface area contributed by atoms with E-state index in [9.17, 15) is 0 Å². The van der Waals surface area contributed by atoms with Crippen molar-refractivity contribution in [2.75, 3.05) is 0 Å². The third-order valence-electron chi connectivity index (χ3n) is 9.05. The lowest BCUT2D eigenvalue weighted by molar-refractivity contribution is 0.794. The van der Waals surface area contributed by atoms with Crippen LogP contribution in [0.1, 0.15) is 22.3 Å². The molecule has 0 atom stereocenters. The summed E-state index contributed by atoms with van der Waals surface area (Å²) in [7, 11) is 0. The fourth-order valence-electron chi connectivity index (χ4n) is 7.30. The zero-order chi connectivity index (χ0) is 28.4. The maximum Gasteiger partial charge on any atom is 0.115 e. The predicted octanol–water partition coefficient (Wildman–Crippen LogP) is 8.61. The Labute approximate surface area is 249 Å². The van der Waals surface area contributed by atoms with Crippen LogP contribution in [0.5, 0.6) is 0 Å².